The molecule has 0 spiro atoms. The van der Waals surface area contributed by atoms with Gasteiger partial charge >= 0.3 is 0 Å². The summed E-state index contributed by atoms with van der Waals surface area (Å²) < 4.78 is 33.6. The molecule has 0 aliphatic rings. The van der Waals surface area contributed by atoms with E-state index in [9.17, 15) is 13.2 Å². The lowest BCUT2D eigenvalue weighted by molar-refractivity contribution is 0.0657. The van der Waals surface area contributed by atoms with Crippen LogP contribution in [0.4, 0.5) is 5.69 Å². The van der Waals surface area contributed by atoms with E-state index in [1.54, 1.807) is 24.3 Å². The Bertz CT molecular complexity index is 1170. The molecule has 2 N–H and O–H groups in total. The number of carbonyl (C=O) groups is 1. The quantitative estimate of drug-likeness (QED) is 0.495. The van der Waals surface area contributed by atoms with Gasteiger partial charge in [-0.3, -0.25) is 9.52 Å². The van der Waals surface area contributed by atoms with Gasteiger partial charge in [0.25, 0.3) is 15.9 Å². The van der Waals surface area contributed by atoms with Crippen LogP contribution in [0.2, 0.25) is 0 Å². The van der Waals surface area contributed by atoms with Crippen LogP contribution in [-0.4, -0.2) is 20.4 Å². The Balaban J connectivity index is 1.66. The van der Waals surface area contributed by atoms with Gasteiger partial charge in [0.05, 0.1) is 17.6 Å². The van der Waals surface area contributed by atoms with E-state index in [-0.39, 0.29) is 22.5 Å². The predicted molar refractivity (Wildman–Crippen MR) is 126 cm³/mol. The van der Waals surface area contributed by atoms with E-state index >= 15 is 0 Å². The van der Waals surface area contributed by atoms with Crippen molar-refractivity contribution in [2.24, 2.45) is 0 Å². The van der Waals surface area contributed by atoms with Crippen LogP contribution in [0.15, 0.2) is 77.7 Å². The zero-order chi connectivity index (χ0) is 23.1. The lowest BCUT2D eigenvalue weighted by atomic mass is 10.1. The molecule has 3 aromatic rings. The summed E-state index contributed by atoms with van der Waals surface area (Å²) in [7, 11) is -3.81. The highest BCUT2D eigenvalue weighted by Crippen LogP contribution is 2.18. The molecule has 0 saturated carbocycles. The van der Waals surface area contributed by atoms with Crippen molar-refractivity contribution in [3.05, 3.63) is 95.1 Å². The normalized spacial score (nSPS) is 11.4. The van der Waals surface area contributed by atoms with Crippen LogP contribution in [0.5, 0.6) is 0 Å². The molecular weight excluding hydrogens is 424 g/mol. The first kappa shape index (κ1) is 23.5. The third-order valence-electron chi connectivity index (χ3n) is 4.74. The van der Waals surface area contributed by atoms with Crippen molar-refractivity contribution in [1.29, 1.82) is 0 Å². The van der Waals surface area contributed by atoms with Crippen molar-refractivity contribution in [3.8, 4) is 0 Å². The molecule has 0 heterocycles. The Morgan fingerprint density at radius 1 is 0.938 bits per heavy atom. The monoisotopic (exact) mass is 452 g/mol. The van der Waals surface area contributed by atoms with Gasteiger partial charge in [-0.2, -0.15) is 0 Å². The fraction of sp³-hybridized carbons (Fsp3) is 0.240. The largest absolute Gasteiger partial charge is 0.374 e. The van der Waals surface area contributed by atoms with Crippen LogP contribution in [0.3, 0.4) is 0 Å². The van der Waals surface area contributed by atoms with Crippen molar-refractivity contribution < 1.29 is 17.9 Å². The fourth-order valence-corrected chi connectivity index (χ4v) is 4.12. The van der Waals surface area contributed by atoms with E-state index in [4.69, 9.17) is 4.74 Å². The van der Waals surface area contributed by atoms with E-state index in [0.717, 1.165) is 16.7 Å². The van der Waals surface area contributed by atoms with Crippen molar-refractivity contribution in [3.63, 3.8) is 0 Å². The average molecular weight is 453 g/mol. The summed E-state index contributed by atoms with van der Waals surface area (Å²) in [5, 5.41) is 2.85. The molecule has 1 amide bonds. The second-order valence-corrected chi connectivity index (χ2v) is 9.54. The highest BCUT2D eigenvalue weighted by Gasteiger charge is 2.16. The Kier molecular flexibility index (Phi) is 7.66. The summed E-state index contributed by atoms with van der Waals surface area (Å²) in [5.41, 5.74) is 3.74. The minimum absolute atomic E-state index is 0.0264. The summed E-state index contributed by atoms with van der Waals surface area (Å²) in [4.78, 5) is 12.7. The molecule has 7 heteroatoms. The average Bonchev–Trinajstić information content (AvgIpc) is 2.78. The second kappa shape index (κ2) is 10.4. The minimum atomic E-state index is -3.81. The van der Waals surface area contributed by atoms with Gasteiger partial charge in [0, 0.05) is 17.8 Å². The number of carbonyl (C=O) groups excluding carboxylic acids is 1. The number of amides is 1. The number of ether oxygens (including phenoxy) is 1. The Hall–Kier alpha value is -3.16. The van der Waals surface area contributed by atoms with Gasteiger partial charge in [0.15, 0.2) is 0 Å². The van der Waals surface area contributed by atoms with Gasteiger partial charge in [-0.15, -0.1) is 0 Å². The molecule has 0 atom stereocenters. The van der Waals surface area contributed by atoms with Gasteiger partial charge in [-0.25, -0.2) is 8.42 Å². The maximum atomic E-state index is 12.7. The molecule has 0 aliphatic carbocycles. The summed E-state index contributed by atoms with van der Waals surface area (Å²) in [6.45, 7) is 6.72. The Morgan fingerprint density at radius 3 is 2.34 bits per heavy atom. The Labute approximate surface area is 189 Å². The highest BCUT2D eigenvalue weighted by atomic mass is 32.2. The van der Waals surface area contributed by atoms with Crippen LogP contribution in [-0.2, 0) is 27.9 Å². The predicted octanol–water partition coefficient (Wildman–Crippen LogP) is 4.65. The second-order valence-electron chi connectivity index (χ2n) is 7.86. The first-order valence-electron chi connectivity index (χ1n) is 10.4. The maximum Gasteiger partial charge on any atom is 0.261 e. The highest BCUT2D eigenvalue weighted by molar-refractivity contribution is 7.92. The molecule has 3 rings (SSSR count). The summed E-state index contributed by atoms with van der Waals surface area (Å²) in [6, 6.07) is 20.8. The molecule has 32 heavy (non-hydrogen) atoms. The number of nitrogens with one attached hydrogen (secondary N) is 2. The lowest BCUT2D eigenvalue weighted by Gasteiger charge is -2.11. The lowest BCUT2D eigenvalue weighted by Crippen LogP contribution is -2.23. The van der Waals surface area contributed by atoms with Crippen LogP contribution in [0.25, 0.3) is 0 Å². The zero-order valence-corrected chi connectivity index (χ0v) is 19.3. The summed E-state index contributed by atoms with van der Waals surface area (Å²) >= 11 is 0. The van der Waals surface area contributed by atoms with E-state index in [0.29, 0.717) is 18.8 Å². The SMILES string of the molecule is Cc1ccc(NS(=O)(=O)c2cccc(C(=O)NCc3cccc(COC(C)C)c3)c2)cc1. The van der Waals surface area contributed by atoms with Crippen molar-refractivity contribution in [2.75, 3.05) is 4.72 Å². The molecule has 0 fully saturated rings. The van der Waals surface area contributed by atoms with Crippen LogP contribution >= 0.6 is 0 Å². The van der Waals surface area contributed by atoms with E-state index < -0.39 is 10.0 Å². The third kappa shape index (κ3) is 6.67. The number of sulfonamides is 1. The van der Waals surface area contributed by atoms with E-state index in [2.05, 4.69) is 10.0 Å². The number of anilines is 1. The molecular formula is C25H28N2O4S. The minimum Gasteiger partial charge on any atom is -0.374 e. The van der Waals surface area contributed by atoms with E-state index in [1.807, 2.05) is 57.2 Å². The Morgan fingerprint density at radius 2 is 1.62 bits per heavy atom. The topological polar surface area (TPSA) is 84.5 Å². The van der Waals surface area contributed by atoms with E-state index in [1.165, 1.54) is 12.1 Å². The van der Waals surface area contributed by atoms with Crippen molar-refractivity contribution in [2.45, 2.75) is 44.9 Å². The number of rotatable bonds is 9. The third-order valence-corrected chi connectivity index (χ3v) is 6.12. The van der Waals surface area contributed by atoms with Gasteiger partial charge < -0.3 is 10.1 Å². The molecule has 3 aromatic carbocycles. The fourth-order valence-electron chi connectivity index (χ4n) is 3.02. The number of hydrogen-bond donors (Lipinski definition) is 2. The first-order valence-corrected chi connectivity index (χ1v) is 11.9. The van der Waals surface area contributed by atoms with Crippen LogP contribution in [0, 0.1) is 6.92 Å². The molecule has 0 unspecified atom stereocenters. The number of benzene rings is 3. The van der Waals surface area contributed by atoms with Crippen molar-refractivity contribution >= 4 is 21.6 Å². The van der Waals surface area contributed by atoms with Crippen molar-refractivity contribution in [1.82, 2.24) is 5.32 Å². The molecule has 6 nitrogen and oxygen atoms in total. The first-order chi connectivity index (χ1) is 15.2. The zero-order valence-electron chi connectivity index (χ0n) is 18.5. The van der Waals surface area contributed by atoms with Gasteiger partial charge in [0.2, 0.25) is 0 Å². The summed E-state index contributed by atoms with van der Waals surface area (Å²) in [6.07, 6.45) is 0.141. The molecule has 0 radical (unpaired) electrons. The molecule has 0 aliphatic heterocycles. The van der Waals surface area contributed by atoms with Gasteiger partial charge in [-0.05, 0) is 62.2 Å². The molecule has 0 aromatic heterocycles. The number of hydrogen-bond acceptors (Lipinski definition) is 4. The smallest absolute Gasteiger partial charge is 0.261 e. The molecule has 0 saturated heterocycles. The summed E-state index contributed by atoms with van der Waals surface area (Å²) in [5.74, 6) is -0.346. The standard InChI is InChI=1S/C25H28N2O4S/c1-18(2)31-17-21-7-4-6-20(14-21)16-26-25(28)22-8-5-9-24(15-22)32(29,30)27-23-12-10-19(3)11-13-23/h4-15,18,27H,16-17H2,1-3H3,(H,26,28). The molecule has 168 valence electrons. The molecule has 0 bridgehead atoms. The maximum absolute atomic E-state index is 12.7. The van der Waals surface area contributed by atoms with Gasteiger partial charge in [0.1, 0.15) is 0 Å². The van der Waals surface area contributed by atoms with Gasteiger partial charge in [-0.1, -0.05) is 48.0 Å². The van der Waals surface area contributed by atoms with Crippen LogP contribution < -0.4 is 10.0 Å². The number of aryl methyl sites for hydroxylation is 1. The van der Waals surface area contributed by atoms with Crippen LogP contribution in [0.1, 0.15) is 40.9 Å².